The molecule has 0 spiro atoms. The minimum absolute atomic E-state index is 0.115. The SMILES string of the molecule is c1ccc(C2=[NH+]C(c3ccccc3)NC(c3ccc(-n4c5ccccc5c5cc6c7c8c(ccc7n(-c7ccccc7)c6cc54)CCC8)cc3)=N2)cc1. The first-order valence-electron chi connectivity index (χ1n) is 18.6. The van der Waals surface area contributed by atoms with Crippen molar-refractivity contribution in [3.8, 4) is 11.4 Å². The molecule has 0 saturated heterocycles. The van der Waals surface area contributed by atoms with Crippen molar-refractivity contribution in [3.05, 3.63) is 192 Å². The molecule has 2 aromatic heterocycles. The summed E-state index contributed by atoms with van der Waals surface area (Å²) < 4.78 is 4.90. The summed E-state index contributed by atoms with van der Waals surface area (Å²) in [6.45, 7) is 0. The molecule has 0 amide bonds. The highest BCUT2D eigenvalue weighted by Crippen LogP contribution is 2.42. The fraction of sp³-hybridized carbons (Fsp3) is 0.0833. The van der Waals surface area contributed by atoms with Gasteiger partial charge in [0.15, 0.2) is 6.17 Å². The number of amidine groups is 2. The molecule has 2 aliphatic rings. The van der Waals surface area contributed by atoms with Gasteiger partial charge >= 0.3 is 5.84 Å². The molecule has 1 aliphatic carbocycles. The molecule has 3 heterocycles. The molecule has 1 aliphatic heterocycles. The Morgan fingerprint density at radius 1 is 0.528 bits per heavy atom. The molecule has 0 fully saturated rings. The fourth-order valence-electron chi connectivity index (χ4n) is 8.75. The third-order valence-electron chi connectivity index (χ3n) is 11.2. The molecule has 7 aromatic carbocycles. The number of nitrogens with one attached hydrogen (secondary N) is 2. The van der Waals surface area contributed by atoms with Gasteiger partial charge in [0.2, 0.25) is 0 Å². The van der Waals surface area contributed by atoms with E-state index in [-0.39, 0.29) is 6.17 Å². The van der Waals surface area contributed by atoms with E-state index < -0.39 is 0 Å². The van der Waals surface area contributed by atoms with Crippen molar-refractivity contribution in [2.45, 2.75) is 25.4 Å². The van der Waals surface area contributed by atoms with Crippen molar-refractivity contribution in [3.63, 3.8) is 0 Å². The molecule has 0 bridgehead atoms. The van der Waals surface area contributed by atoms with E-state index in [1.165, 1.54) is 66.8 Å². The monoisotopic (exact) mass is 682 g/mol. The molecule has 5 heteroatoms. The van der Waals surface area contributed by atoms with Crippen LogP contribution in [-0.4, -0.2) is 20.8 Å². The van der Waals surface area contributed by atoms with E-state index in [0.29, 0.717) is 0 Å². The Balaban J connectivity index is 1.09. The maximum atomic E-state index is 5.11. The largest absolute Gasteiger partial charge is 0.328 e. The standard InChI is InChI=1S/C48H35N5/c1-4-13-32(14-5-1)46-49-47(33-15-6-2-7-16-33)51-48(50-46)34-23-26-36(27-24-34)52-41-22-11-10-20-38(41)39-29-40-44(30-43(39)52)53(35-18-8-3-9-19-35)42-28-25-31-17-12-21-37(31)45(40)42/h1-11,13-16,18-20,22-30,46H,12,17,21H2,(H,49,50,51)/p+1. The maximum Gasteiger partial charge on any atom is 0.328 e. The smallest absolute Gasteiger partial charge is 0.309 e. The Hall–Kier alpha value is -6.72. The second-order valence-corrected chi connectivity index (χ2v) is 14.2. The Morgan fingerprint density at radius 3 is 2.02 bits per heavy atom. The van der Waals surface area contributed by atoms with Gasteiger partial charge in [0.1, 0.15) is 0 Å². The van der Waals surface area contributed by atoms with E-state index in [1.807, 2.05) is 6.07 Å². The molecular weight excluding hydrogens is 647 g/mol. The normalized spacial score (nSPS) is 15.5. The third-order valence-corrected chi connectivity index (χ3v) is 11.2. The summed E-state index contributed by atoms with van der Waals surface area (Å²) in [4.78, 5) is 8.74. The number of aryl methyl sites for hydroxylation is 2. The number of aliphatic imine (C=N–C) groups is 1. The lowest BCUT2D eigenvalue weighted by Gasteiger charge is -2.18. The Bertz CT molecular complexity index is 2920. The zero-order chi connectivity index (χ0) is 34.9. The van der Waals surface area contributed by atoms with Crippen molar-refractivity contribution in [2.24, 2.45) is 4.99 Å². The molecule has 53 heavy (non-hydrogen) atoms. The van der Waals surface area contributed by atoms with Crippen molar-refractivity contribution >= 4 is 55.3 Å². The lowest BCUT2D eigenvalue weighted by molar-refractivity contribution is -0.516. The molecule has 1 atom stereocenters. The van der Waals surface area contributed by atoms with Gasteiger partial charge in [0, 0.05) is 44.0 Å². The highest BCUT2D eigenvalue weighted by atomic mass is 15.2. The highest BCUT2D eigenvalue weighted by molar-refractivity contribution is 6.20. The van der Waals surface area contributed by atoms with E-state index in [1.54, 1.807) is 0 Å². The first-order valence-corrected chi connectivity index (χ1v) is 18.6. The number of fused-ring (bicyclic) bond motifs is 8. The Kier molecular flexibility index (Phi) is 6.74. The van der Waals surface area contributed by atoms with E-state index in [4.69, 9.17) is 4.99 Å². The average molecular weight is 683 g/mol. The van der Waals surface area contributed by atoms with Crippen LogP contribution in [0.15, 0.2) is 169 Å². The van der Waals surface area contributed by atoms with Crippen molar-refractivity contribution in [1.29, 1.82) is 0 Å². The average Bonchev–Trinajstić information content (AvgIpc) is 3.93. The van der Waals surface area contributed by atoms with E-state index in [9.17, 15) is 0 Å². The minimum atomic E-state index is -0.115. The first kappa shape index (κ1) is 30.0. The summed E-state index contributed by atoms with van der Waals surface area (Å²) in [6, 6.07) is 59.0. The van der Waals surface area contributed by atoms with Crippen LogP contribution in [0.25, 0.3) is 55.0 Å². The number of rotatable bonds is 5. The zero-order valence-electron chi connectivity index (χ0n) is 29.1. The molecule has 1 unspecified atom stereocenters. The maximum absolute atomic E-state index is 5.11. The van der Waals surface area contributed by atoms with Crippen LogP contribution in [0.5, 0.6) is 0 Å². The number of aromatic nitrogens is 2. The first-order chi connectivity index (χ1) is 26.3. The lowest BCUT2D eigenvalue weighted by atomic mass is 10.0. The van der Waals surface area contributed by atoms with Crippen LogP contribution < -0.4 is 10.3 Å². The predicted molar refractivity (Wildman–Crippen MR) is 218 cm³/mol. The second kappa shape index (κ2) is 11.9. The zero-order valence-corrected chi connectivity index (χ0v) is 29.1. The van der Waals surface area contributed by atoms with Gasteiger partial charge in [-0.3, -0.25) is 0 Å². The quantitative estimate of drug-likeness (QED) is 0.187. The summed E-state index contributed by atoms with van der Waals surface area (Å²) in [7, 11) is 0. The van der Waals surface area contributed by atoms with E-state index in [2.05, 4.69) is 177 Å². The van der Waals surface area contributed by atoms with Gasteiger partial charge in [-0.2, -0.15) is 0 Å². The van der Waals surface area contributed by atoms with Crippen LogP contribution in [-0.2, 0) is 12.8 Å². The predicted octanol–water partition coefficient (Wildman–Crippen LogP) is 8.95. The van der Waals surface area contributed by atoms with Crippen molar-refractivity contribution in [2.75, 3.05) is 0 Å². The molecule has 5 nitrogen and oxygen atoms in total. The van der Waals surface area contributed by atoms with Crippen LogP contribution >= 0.6 is 0 Å². The lowest BCUT2D eigenvalue weighted by Crippen LogP contribution is -2.80. The van der Waals surface area contributed by atoms with Crippen LogP contribution in [0, 0.1) is 0 Å². The van der Waals surface area contributed by atoms with Gasteiger partial charge in [-0.15, -0.1) is 0 Å². The molecule has 0 radical (unpaired) electrons. The summed E-state index contributed by atoms with van der Waals surface area (Å²) >= 11 is 0. The second-order valence-electron chi connectivity index (χ2n) is 14.2. The summed E-state index contributed by atoms with van der Waals surface area (Å²) in [5, 5.41) is 8.97. The van der Waals surface area contributed by atoms with Crippen LogP contribution in [0.4, 0.5) is 0 Å². The van der Waals surface area contributed by atoms with Crippen molar-refractivity contribution < 1.29 is 4.99 Å². The number of benzene rings is 7. The summed E-state index contributed by atoms with van der Waals surface area (Å²) in [5.41, 5.74) is 13.5. The topological polar surface area (TPSA) is 48.2 Å². The molecule has 11 rings (SSSR count). The molecular formula is C48H36N5+. The number of hydrogen-bond acceptors (Lipinski definition) is 2. The fourth-order valence-corrected chi connectivity index (χ4v) is 8.75. The van der Waals surface area contributed by atoms with Crippen LogP contribution in [0.3, 0.4) is 0 Å². The number of para-hydroxylation sites is 2. The highest BCUT2D eigenvalue weighted by Gasteiger charge is 2.28. The molecule has 252 valence electrons. The summed E-state index contributed by atoms with van der Waals surface area (Å²) in [5.74, 6) is 1.69. The number of nitrogens with zero attached hydrogens (tertiary/aromatic N) is 3. The minimum Gasteiger partial charge on any atom is -0.309 e. The Labute approximate surface area is 307 Å². The van der Waals surface area contributed by atoms with Gasteiger partial charge in [-0.25, -0.2) is 4.99 Å². The van der Waals surface area contributed by atoms with Gasteiger partial charge in [-0.05, 0) is 108 Å². The van der Waals surface area contributed by atoms with Gasteiger partial charge < -0.3 is 14.5 Å². The van der Waals surface area contributed by atoms with E-state index in [0.717, 1.165) is 46.9 Å². The molecule has 0 saturated carbocycles. The third kappa shape index (κ3) is 4.77. The van der Waals surface area contributed by atoms with Crippen LogP contribution in [0.2, 0.25) is 0 Å². The van der Waals surface area contributed by atoms with Crippen molar-refractivity contribution in [1.82, 2.24) is 14.5 Å². The van der Waals surface area contributed by atoms with Gasteiger partial charge in [0.05, 0.1) is 27.6 Å². The Morgan fingerprint density at radius 2 is 1.21 bits per heavy atom. The molecule has 9 aromatic rings. The summed E-state index contributed by atoms with van der Waals surface area (Å²) in [6.07, 6.45) is 3.41. The molecule has 2 N–H and O–H groups in total. The van der Waals surface area contributed by atoms with Gasteiger partial charge in [-0.1, -0.05) is 91.0 Å². The van der Waals surface area contributed by atoms with E-state index >= 15 is 0 Å². The number of hydrogen-bond donors (Lipinski definition) is 2. The van der Waals surface area contributed by atoms with Gasteiger partial charge in [0.25, 0.3) is 5.84 Å². The van der Waals surface area contributed by atoms with Crippen LogP contribution in [0.1, 0.15) is 40.4 Å².